The van der Waals surface area contributed by atoms with E-state index in [-0.39, 0.29) is 12.8 Å². The molecule has 0 unspecified atom stereocenters. The lowest BCUT2D eigenvalue weighted by atomic mass is 9.85. The molecule has 8 heteroatoms. The second-order valence-corrected chi connectivity index (χ2v) is 5.79. The van der Waals surface area contributed by atoms with Crippen LogP contribution in [0.1, 0.15) is 25.7 Å². The molecule has 1 fully saturated rings. The molecule has 3 rings (SSSR count). The Balaban J connectivity index is 1.61. The molecular formula is C15H17F3N4O. The molecule has 0 bridgehead atoms. The lowest BCUT2D eigenvalue weighted by Gasteiger charge is -2.31. The van der Waals surface area contributed by atoms with Gasteiger partial charge in [0, 0.05) is 6.04 Å². The molecule has 2 atom stereocenters. The van der Waals surface area contributed by atoms with E-state index in [0.29, 0.717) is 12.8 Å². The third kappa shape index (κ3) is 3.57. The van der Waals surface area contributed by atoms with E-state index in [1.54, 1.807) is 12.1 Å². The standard InChI is InChI=1S/C15H17F3N4O/c16-15(17,18)10-4-3-5-11(8-10)20-14(23)21-22-9-19-12-6-1-2-7-13(12)22/h1-2,6-7,9-11H,3-5,8H2,(H2,20,21,23)/t10-,11-/m1/s1. The monoisotopic (exact) mass is 326 g/mol. The van der Waals surface area contributed by atoms with Crippen LogP contribution in [0.2, 0.25) is 0 Å². The van der Waals surface area contributed by atoms with E-state index in [0.717, 1.165) is 11.0 Å². The van der Waals surface area contributed by atoms with Crippen molar-refractivity contribution < 1.29 is 18.0 Å². The lowest BCUT2D eigenvalue weighted by molar-refractivity contribution is -0.183. The van der Waals surface area contributed by atoms with Crippen LogP contribution in [0.4, 0.5) is 18.0 Å². The Morgan fingerprint density at radius 1 is 1.26 bits per heavy atom. The summed E-state index contributed by atoms with van der Waals surface area (Å²) in [6.45, 7) is 0. The number of carbonyl (C=O) groups excluding carboxylic acids is 1. The number of para-hydroxylation sites is 2. The van der Waals surface area contributed by atoms with E-state index < -0.39 is 24.2 Å². The van der Waals surface area contributed by atoms with Crippen LogP contribution in [-0.2, 0) is 0 Å². The number of aromatic nitrogens is 2. The van der Waals surface area contributed by atoms with Gasteiger partial charge in [0.05, 0.1) is 17.0 Å². The molecule has 23 heavy (non-hydrogen) atoms. The number of benzene rings is 1. The quantitative estimate of drug-likeness (QED) is 0.888. The van der Waals surface area contributed by atoms with Crippen molar-refractivity contribution in [1.29, 1.82) is 0 Å². The smallest absolute Gasteiger partial charge is 0.334 e. The third-order valence-corrected chi connectivity index (χ3v) is 4.15. The fourth-order valence-electron chi connectivity index (χ4n) is 2.99. The first-order valence-corrected chi connectivity index (χ1v) is 7.50. The Kier molecular flexibility index (Phi) is 4.14. The number of halogens is 3. The van der Waals surface area contributed by atoms with Gasteiger partial charge in [-0.25, -0.2) is 19.9 Å². The maximum Gasteiger partial charge on any atom is 0.391 e. The van der Waals surface area contributed by atoms with Crippen molar-refractivity contribution in [3.63, 3.8) is 0 Å². The fourth-order valence-corrected chi connectivity index (χ4v) is 2.99. The van der Waals surface area contributed by atoms with Crippen LogP contribution in [0.5, 0.6) is 0 Å². The molecule has 1 saturated carbocycles. The summed E-state index contributed by atoms with van der Waals surface area (Å²) in [6, 6.07) is 6.25. The minimum Gasteiger partial charge on any atom is -0.334 e. The molecule has 1 aromatic heterocycles. The van der Waals surface area contributed by atoms with Gasteiger partial charge in [0.2, 0.25) is 0 Å². The number of imidazole rings is 1. The summed E-state index contributed by atoms with van der Waals surface area (Å²) in [5.41, 5.74) is 4.04. The van der Waals surface area contributed by atoms with Gasteiger partial charge in [0.25, 0.3) is 0 Å². The Morgan fingerprint density at radius 3 is 2.83 bits per heavy atom. The molecule has 0 aliphatic heterocycles. The Hall–Kier alpha value is -2.25. The van der Waals surface area contributed by atoms with Gasteiger partial charge in [-0.2, -0.15) is 13.2 Å². The van der Waals surface area contributed by atoms with Crippen LogP contribution in [-0.4, -0.2) is 27.9 Å². The molecule has 1 aliphatic rings. The van der Waals surface area contributed by atoms with Gasteiger partial charge in [0.1, 0.15) is 6.33 Å². The number of hydrogen-bond acceptors (Lipinski definition) is 2. The second kappa shape index (κ2) is 6.10. The van der Waals surface area contributed by atoms with Crippen molar-refractivity contribution in [3.8, 4) is 0 Å². The van der Waals surface area contributed by atoms with Crippen LogP contribution < -0.4 is 10.7 Å². The summed E-state index contributed by atoms with van der Waals surface area (Å²) in [5.74, 6) is -1.34. The number of carbonyl (C=O) groups is 1. The third-order valence-electron chi connectivity index (χ3n) is 4.15. The number of nitrogens with zero attached hydrogens (tertiary/aromatic N) is 2. The van der Waals surface area contributed by atoms with E-state index in [1.807, 2.05) is 12.1 Å². The highest BCUT2D eigenvalue weighted by molar-refractivity contribution is 5.85. The summed E-state index contributed by atoms with van der Waals surface area (Å²) in [4.78, 5) is 16.2. The summed E-state index contributed by atoms with van der Waals surface area (Å²) >= 11 is 0. The summed E-state index contributed by atoms with van der Waals surface area (Å²) in [6.07, 6.45) is -1.65. The Labute approximate surface area is 130 Å². The van der Waals surface area contributed by atoms with Gasteiger partial charge in [0.15, 0.2) is 0 Å². The molecule has 5 nitrogen and oxygen atoms in total. The Bertz CT molecular complexity index is 697. The predicted octanol–water partition coefficient (Wildman–Crippen LogP) is 3.41. The zero-order valence-corrected chi connectivity index (χ0v) is 12.3. The Morgan fingerprint density at radius 2 is 2.04 bits per heavy atom. The highest BCUT2D eigenvalue weighted by Crippen LogP contribution is 2.37. The summed E-state index contributed by atoms with van der Waals surface area (Å²) < 4.78 is 39.8. The van der Waals surface area contributed by atoms with Crippen LogP contribution >= 0.6 is 0 Å². The van der Waals surface area contributed by atoms with Crippen molar-refractivity contribution in [1.82, 2.24) is 15.0 Å². The van der Waals surface area contributed by atoms with E-state index in [9.17, 15) is 18.0 Å². The molecular weight excluding hydrogens is 309 g/mol. The summed E-state index contributed by atoms with van der Waals surface area (Å²) in [5, 5.41) is 2.63. The van der Waals surface area contributed by atoms with Crippen molar-refractivity contribution in [2.45, 2.75) is 37.9 Å². The van der Waals surface area contributed by atoms with E-state index in [2.05, 4.69) is 15.7 Å². The molecule has 0 radical (unpaired) electrons. The van der Waals surface area contributed by atoms with Gasteiger partial charge < -0.3 is 5.32 Å². The largest absolute Gasteiger partial charge is 0.391 e. The molecule has 1 heterocycles. The van der Waals surface area contributed by atoms with Crippen LogP contribution in [0.3, 0.4) is 0 Å². The lowest BCUT2D eigenvalue weighted by Crippen LogP contribution is -2.44. The first-order chi connectivity index (χ1) is 10.9. The topological polar surface area (TPSA) is 59.0 Å². The highest BCUT2D eigenvalue weighted by Gasteiger charge is 2.42. The molecule has 0 saturated heterocycles. The van der Waals surface area contributed by atoms with Crippen molar-refractivity contribution in [2.75, 3.05) is 5.43 Å². The van der Waals surface area contributed by atoms with Crippen molar-refractivity contribution >= 4 is 17.1 Å². The minimum absolute atomic E-state index is 0.0679. The number of hydrogen-bond donors (Lipinski definition) is 2. The predicted molar refractivity (Wildman–Crippen MR) is 79.4 cm³/mol. The van der Waals surface area contributed by atoms with E-state index >= 15 is 0 Å². The molecule has 0 spiro atoms. The van der Waals surface area contributed by atoms with Gasteiger partial charge in [-0.1, -0.05) is 18.6 Å². The average molecular weight is 326 g/mol. The minimum atomic E-state index is -4.20. The molecule has 1 aromatic carbocycles. The fraction of sp³-hybridized carbons (Fsp3) is 0.467. The van der Waals surface area contributed by atoms with Gasteiger partial charge in [-0.15, -0.1) is 0 Å². The molecule has 2 N–H and O–H groups in total. The maximum absolute atomic E-state index is 12.8. The first kappa shape index (κ1) is 15.6. The molecule has 2 aromatic rings. The molecule has 124 valence electrons. The number of rotatable bonds is 2. The zero-order chi connectivity index (χ0) is 16.4. The second-order valence-electron chi connectivity index (χ2n) is 5.79. The number of urea groups is 1. The zero-order valence-electron chi connectivity index (χ0n) is 12.3. The highest BCUT2D eigenvalue weighted by atomic mass is 19.4. The SMILES string of the molecule is O=C(N[C@@H]1CCC[C@@H](C(F)(F)F)C1)Nn1cnc2ccccc21. The average Bonchev–Trinajstić information content (AvgIpc) is 2.90. The van der Waals surface area contributed by atoms with Crippen molar-refractivity contribution in [2.24, 2.45) is 5.92 Å². The maximum atomic E-state index is 12.8. The van der Waals surface area contributed by atoms with E-state index in [4.69, 9.17) is 0 Å². The number of nitrogens with one attached hydrogen (secondary N) is 2. The first-order valence-electron chi connectivity index (χ1n) is 7.50. The summed E-state index contributed by atoms with van der Waals surface area (Å²) in [7, 11) is 0. The number of amides is 2. The number of alkyl halides is 3. The number of fused-ring (bicyclic) bond motifs is 1. The van der Waals surface area contributed by atoms with Crippen molar-refractivity contribution in [3.05, 3.63) is 30.6 Å². The van der Waals surface area contributed by atoms with Gasteiger partial charge in [-0.05, 0) is 31.4 Å². The van der Waals surface area contributed by atoms with Crippen LogP contribution in [0.15, 0.2) is 30.6 Å². The molecule has 2 amide bonds. The van der Waals surface area contributed by atoms with Crippen LogP contribution in [0.25, 0.3) is 11.0 Å². The van der Waals surface area contributed by atoms with Crippen LogP contribution in [0, 0.1) is 5.92 Å². The molecule has 1 aliphatic carbocycles. The normalized spacial score (nSPS) is 22.0. The van der Waals surface area contributed by atoms with E-state index in [1.165, 1.54) is 11.0 Å². The van der Waals surface area contributed by atoms with Gasteiger partial charge >= 0.3 is 12.2 Å². The van der Waals surface area contributed by atoms with Gasteiger partial charge in [-0.3, -0.25) is 0 Å².